The average molecular weight is 339 g/mol. The third kappa shape index (κ3) is 3.45. The Bertz CT molecular complexity index is 967. The molecule has 130 valence electrons. The van der Waals surface area contributed by atoms with Crippen LogP contribution in [-0.4, -0.2) is 25.5 Å². The molecule has 3 aromatic heterocycles. The maximum Gasteiger partial charge on any atom is 0.272 e. The third-order valence-corrected chi connectivity index (χ3v) is 3.92. The summed E-state index contributed by atoms with van der Waals surface area (Å²) in [6, 6.07) is 6.59. The largest absolute Gasteiger partial charge is 0.348 e. The van der Waals surface area contributed by atoms with Crippen LogP contribution in [0.1, 0.15) is 39.4 Å². The normalized spacial score (nSPS) is 13.0. The lowest BCUT2D eigenvalue weighted by Gasteiger charge is -2.21. The average Bonchev–Trinajstić information content (AvgIpc) is 2.99. The Hall–Kier alpha value is -2.96. The molecule has 25 heavy (non-hydrogen) atoms. The van der Waals surface area contributed by atoms with E-state index in [0.717, 1.165) is 11.3 Å². The van der Waals surface area contributed by atoms with Crippen LogP contribution >= 0.6 is 0 Å². The van der Waals surface area contributed by atoms with E-state index in [-0.39, 0.29) is 17.5 Å². The highest BCUT2D eigenvalue weighted by molar-refractivity contribution is 5.81. The van der Waals surface area contributed by atoms with E-state index in [1.165, 1.54) is 10.6 Å². The highest BCUT2D eigenvalue weighted by Crippen LogP contribution is 2.19. The van der Waals surface area contributed by atoms with Gasteiger partial charge in [-0.3, -0.25) is 19.7 Å². The van der Waals surface area contributed by atoms with Crippen molar-refractivity contribution in [2.24, 2.45) is 5.41 Å². The number of carbonyl (C=O) groups is 1. The zero-order valence-electron chi connectivity index (χ0n) is 14.7. The van der Waals surface area contributed by atoms with Crippen molar-refractivity contribution in [3.8, 4) is 11.3 Å². The SMILES string of the molecule is CC(NC(=O)C(C)(C)C)c1cc(=O)n2[nH]c(-c3cccnc3)cc2n1. The molecular formula is C18H21N5O2. The van der Waals surface area contributed by atoms with E-state index in [2.05, 4.69) is 20.4 Å². The van der Waals surface area contributed by atoms with Gasteiger partial charge in [0.15, 0.2) is 5.65 Å². The standard InChI is InChI=1S/C18H21N5O2/c1-11(20-17(25)18(2,3)4)13-9-16(24)23-15(21-13)8-14(22-23)12-6-5-7-19-10-12/h5-11,22H,1-4H3,(H,20,25). The Morgan fingerprint density at radius 2 is 2.08 bits per heavy atom. The number of pyridine rings is 1. The van der Waals surface area contributed by atoms with Gasteiger partial charge in [0.1, 0.15) is 0 Å². The molecule has 0 saturated carbocycles. The van der Waals surface area contributed by atoms with Crippen molar-refractivity contribution in [2.75, 3.05) is 0 Å². The number of amides is 1. The van der Waals surface area contributed by atoms with Gasteiger partial charge in [-0.2, -0.15) is 0 Å². The van der Waals surface area contributed by atoms with Crippen LogP contribution in [0.4, 0.5) is 0 Å². The Morgan fingerprint density at radius 3 is 2.72 bits per heavy atom. The molecular weight excluding hydrogens is 318 g/mol. The van der Waals surface area contributed by atoms with E-state index in [4.69, 9.17) is 0 Å². The van der Waals surface area contributed by atoms with Crippen molar-refractivity contribution in [3.63, 3.8) is 0 Å². The van der Waals surface area contributed by atoms with E-state index in [1.54, 1.807) is 18.5 Å². The van der Waals surface area contributed by atoms with Crippen LogP contribution in [0.3, 0.4) is 0 Å². The van der Waals surface area contributed by atoms with Gasteiger partial charge in [-0.1, -0.05) is 20.8 Å². The molecule has 3 heterocycles. The van der Waals surface area contributed by atoms with Gasteiger partial charge in [-0.05, 0) is 19.1 Å². The zero-order valence-corrected chi connectivity index (χ0v) is 14.7. The number of carbonyl (C=O) groups excluding carboxylic acids is 1. The zero-order chi connectivity index (χ0) is 18.2. The number of aromatic amines is 1. The predicted molar refractivity (Wildman–Crippen MR) is 95.1 cm³/mol. The fourth-order valence-corrected chi connectivity index (χ4v) is 2.39. The first-order valence-corrected chi connectivity index (χ1v) is 8.10. The van der Waals surface area contributed by atoms with Crippen molar-refractivity contribution in [1.82, 2.24) is 24.9 Å². The van der Waals surface area contributed by atoms with Gasteiger partial charge in [0.2, 0.25) is 5.91 Å². The topological polar surface area (TPSA) is 92.2 Å². The molecule has 1 atom stereocenters. The first-order valence-electron chi connectivity index (χ1n) is 8.10. The Kier molecular flexibility index (Phi) is 4.16. The molecule has 3 aromatic rings. The number of nitrogens with one attached hydrogen (secondary N) is 2. The van der Waals surface area contributed by atoms with Crippen molar-refractivity contribution in [3.05, 3.63) is 52.7 Å². The van der Waals surface area contributed by atoms with Crippen LogP contribution < -0.4 is 10.9 Å². The summed E-state index contributed by atoms with van der Waals surface area (Å²) in [6.45, 7) is 7.34. The predicted octanol–water partition coefficient (Wildman–Crippen LogP) is 2.31. The molecule has 0 aliphatic rings. The summed E-state index contributed by atoms with van der Waals surface area (Å²) in [5.74, 6) is -0.0906. The first kappa shape index (κ1) is 16.9. The van der Waals surface area contributed by atoms with Crippen LogP contribution in [0.15, 0.2) is 41.5 Å². The first-order chi connectivity index (χ1) is 11.8. The van der Waals surface area contributed by atoms with Crippen molar-refractivity contribution >= 4 is 11.6 Å². The molecule has 7 nitrogen and oxygen atoms in total. The van der Waals surface area contributed by atoms with Gasteiger partial charge in [0.05, 0.1) is 17.4 Å². The third-order valence-electron chi connectivity index (χ3n) is 3.92. The maximum atomic E-state index is 12.4. The molecule has 1 unspecified atom stereocenters. The van der Waals surface area contributed by atoms with Crippen LogP contribution in [0, 0.1) is 5.41 Å². The summed E-state index contributed by atoms with van der Waals surface area (Å²) in [6.07, 6.45) is 3.40. The van der Waals surface area contributed by atoms with E-state index < -0.39 is 5.41 Å². The molecule has 7 heteroatoms. The number of hydrogen-bond donors (Lipinski definition) is 2. The molecule has 0 bridgehead atoms. The molecule has 1 amide bonds. The molecule has 0 fully saturated rings. The molecule has 0 aromatic carbocycles. The highest BCUT2D eigenvalue weighted by Gasteiger charge is 2.24. The minimum absolute atomic E-state index is 0.0906. The second kappa shape index (κ2) is 6.16. The van der Waals surface area contributed by atoms with Gasteiger partial charge >= 0.3 is 0 Å². The highest BCUT2D eigenvalue weighted by atomic mass is 16.2. The molecule has 0 spiro atoms. The summed E-state index contributed by atoms with van der Waals surface area (Å²) in [7, 11) is 0. The van der Waals surface area contributed by atoms with Gasteiger partial charge in [0.25, 0.3) is 5.56 Å². The second-order valence-electron chi connectivity index (χ2n) is 7.07. The number of aromatic nitrogens is 4. The number of H-pyrrole nitrogens is 1. The molecule has 0 aliphatic heterocycles. The number of fused-ring (bicyclic) bond motifs is 1. The van der Waals surface area contributed by atoms with E-state index >= 15 is 0 Å². The van der Waals surface area contributed by atoms with E-state index in [1.807, 2.05) is 39.8 Å². The van der Waals surface area contributed by atoms with E-state index in [0.29, 0.717) is 11.3 Å². The quantitative estimate of drug-likeness (QED) is 0.766. The van der Waals surface area contributed by atoms with Crippen LogP contribution in [-0.2, 0) is 4.79 Å². The molecule has 2 N–H and O–H groups in total. The van der Waals surface area contributed by atoms with Gasteiger partial charge in [-0.15, -0.1) is 0 Å². The minimum Gasteiger partial charge on any atom is -0.348 e. The van der Waals surface area contributed by atoms with Gasteiger partial charge < -0.3 is 5.32 Å². The van der Waals surface area contributed by atoms with Crippen LogP contribution in [0.25, 0.3) is 16.9 Å². The van der Waals surface area contributed by atoms with Crippen molar-refractivity contribution in [1.29, 1.82) is 0 Å². The number of rotatable bonds is 3. The molecule has 0 radical (unpaired) electrons. The fourth-order valence-electron chi connectivity index (χ4n) is 2.39. The Balaban J connectivity index is 1.96. The van der Waals surface area contributed by atoms with E-state index in [9.17, 15) is 9.59 Å². The second-order valence-corrected chi connectivity index (χ2v) is 7.07. The van der Waals surface area contributed by atoms with Gasteiger partial charge in [-0.25, -0.2) is 9.50 Å². The van der Waals surface area contributed by atoms with Crippen molar-refractivity contribution < 1.29 is 4.79 Å². The molecule has 0 aliphatic carbocycles. The summed E-state index contributed by atoms with van der Waals surface area (Å²) in [5, 5.41) is 5.92. The lowest BCUT2D eigenvalue weighted by molar-refractivity contribution is -0.129. The van der Waals surface area contributed by atoms with Crippen LogP contribution in [0.5, 0.6) is 0 Å². The summed E-state index contributed by atoms with van der Waals surface area (Å²) in [4.78, 5) is 33.1. The summed E-state index contributed by atoms with van der Waals surface area (Å²) in [5.41, 5.74) is 1.91. The monoisotopic (exact) mass is 339 g/mol. The Labute approximate surface area is 145 Å². The van der Waals surface area contributed by atoms with Gasteiger partial charge in [0, 0.05) is 35.5 Å². The molecule has 3 rings (SSSR count). The maximum absolute atomic E-state index is 12.4. The summed E-state index contributed by atoms with van der Waals surface area (Å²) >= 11 is 0. The minimum atomic E-state index is -0.505. The fraction of sp³-hybridized carbons (Fsp3) is 0.333. The lowest BCUT2D eigenvalue weighted by Crippen LogP contribution is -2.37. The van der Waals surface area contributed by atoms with Crippen LogP contribution in [0.2, 0.25) is 0 Å². The number of nitrogens with zero attached hydrogens (tertiary/aromatic N) is 3. The Morgan fingerprint density at radius 1 is 1.32 bits per heavy atom. The summed E-state index contributed by atoms with van der Waals surface area (Å²) < 4.78 is 1.38. The molecule has 0 saturated heterocycles. The van der Waals surface area contributed by atoms with Crippen molar-refractivity contribution in [2.45, 2.75) is 33.7 Å². The lowest BCUT2D eigenvalue weighted by atomic mass is 9.95. The number of hydrogen-bond acceptors (Lipinski definition) is 4. The smallest absolute Gasteiger partial charge is 0.272 e.